The van der Waals surface area contributed by atoms with Gasteiger partial charge in [0.25, 0.3) is 11.5 Å². The first-order chi connectivity index (χ1) is 15.3. The molecule has 1 atom stereocenters. The van der Waals surface area contributed by atoms with Gasteiger partial charge < -0.3 is 5.73 Å². The molecular formula is C22H31F2N5O3S. The Morgan fingerprint density at radius 1 is 1.27 bits per heavy atom. The van der Waals surface area contributed by atoms with Crippen molar-refractivity contribution in [1.29, 1.82) is 0 Å². The van der Waals surface area contributed by atoms with Crippen LogP contribution in [-0.4, -0.2) is 31.6 Å². The highest BCUT2D eigenvalue weighted by atomic mass is 32.1. The molecule has 0 saturated heterocycles. The molecule has 4 rings (SSSR count). The minimum Gasteiger partial charge on any atom is -0.350 e. The molecule has 2 aliphatic rings. The Balaban J connectivity index is 1.84. The van der Waals surface area contributed by atoms with Gasteiger partial charge in [0, 0.05) is 35.3 Å². The number of nitrogens with one attached hydrogen (secondary N) is 1. The Labute approximate surface area is 194 Å². The van der Waals surface area contributed by atoms with Gasteiger partial charge in [-0.1, -0.05) is 0 Å². The largest absolute Gasteiger partial charge is 0.350 e. The third kappa shape index (κ3) is 4.57. The average Bonchev–Trinajstić information content (AvgIpc) is 3.38. The minimum absolute atomic E-state index is 0.0917. The predicted octanol–water partition coefficient (Wildman–Crippen LogP) is 3.49. The first-order valence-electron chi connectivity index (χ1n) is 11.3. The van der Waals surface area contributed by atoms with Gasteiger partial charge in [-0.25, -0.2) is 23.8 Å². The molecule has 2 saturated carbocycles. The molecule has 1 unspecified atom stereocenters. The highest BCUT2D eigenvalue weighted by Gasteiger charge is 2.44. The Kier molecular flexibility index (Phi) is 5.93. The zero-order chi connectivity index (χ0) is 24.3. The number of rotatable bonds is 6. The molecule has 182 valence electrons. The van der Waals surface area contributed by atoms with Crippen LogP contribution < -0.4 is 22.4 Å². The van der Waals surface area contributed by atoms with Crippen LogP contribution in [0.25, 0.3) is 10.2 Å². The van der Waals surface area contributed by atoms with E-state index in [2.05, 4.69) is 5.43 Å². The van der Waals surface area contributed by atoms with Crippen molar-refractivity contribution in [2.75, 3.05) is 0 Å². The third-order valence-corrected chi connectivity index (χ3v) is 7.65. The van der Waals surface area contributed by atoms with E-state index in [1.54, 1.807) is 6.92 Å². The average molecular weight is 484 g/mol. The monoisotopic (exact) mass is 483 g/mol. The number of nitrogens with zero attached hydrogens (tertiary/aromatic N) is 3. The van der Waals surface area contributed by atoms with Crippen LogP contribution in [0.15, 0.2) is 9.59 Å². The number of urea groups is 1. The molecule has 0 spiro atoms. The minimum atomic E-state index is -2.83. The molecule has 2 aromatic rings. The molecular weight excluding hydrogens is 452 g/mol. The van der Waals surface area contributed by atoms with Crippen molar-refractivity contribution < 1.29 is 13.6 Å². The van der Waals surface area contributed by atoms with Crippen LogP contribution in [0.1, 0.15) is 69.4 Å². The van der Waals surface area contributed by atoms with Gasteiger partial charge in [-0.15, -0.1) is 11.3 Å². The molecule has 2 aliphatic carbocycles. The number of nitrogens with two attached hydrogens (primary N) is 1. The van der Waals surface area contributed by atoms with Gasteiger partial charge in [-0.2, -0.15) is 0 Å². The fourth-order valence-electron chi connectivity index (χ4n) is 4.54. The van der Waals surface area contributed by atoms with E-state index in [1.807, 2.05) is 20.8 Å². The Morgan fingerprint density at radius 3 is 2.45 bits per heavy atom. The highest BCUT2D eigenvalue weighted by Crippen LogP contribution is 2.42. The number of thiophene rings is 1. The zero-order valence-electron chi connectivity index (χ0n) is 19.4. The lowest BCUT2D eigenvalue weighted by atomic mass is 10.1. The van der Waals surface area contributed by atoms with E-state index in [0.29, 0.717) is 33.5 Å². The maximum Gasteiger partial charge on any atom is 0.332 e. The fourth-order valence-corrected chi connectivity index (χ4v) is 5.83. The number of halogens is 2. The van der Waals surface area contributed by atoms with E-state index in [1.165, 1.54) is 25.5 Å². The zero-order valence-corrected chi connectivity index (χ0v) is 20.2. The van der Waals surface area contributed by atoms with E-state index >= 15 is 0 Å². The summed E-state index contributed by atoms with van der Waals surface area (Å²) in [6.45, 7) is 7.38. The summed E-state index contributed by atoms with van der Waals surface area (Å²) in [5.41, 5.74) is 7.89. The predicted molar refractivity (Wildman–Crippen MR) is 124 cm³/mol. The van der Waals surface area contributed by atoms with Crippen LogP contribution in [0.4, 0.5) is 13.6 Å². The van der Waals surface area contributed by atoms with Crippen LogP contribution in [-0.2, 0) is 13.1 Å². The number of aromatic nitrogens is 2. The summed E-state index contributed by atoms with van der Waals surface area (Å²) < 4.78 is 31.5. The van der Waals surface area contributed by atoms with Gasteiger partial charge in [0.15, 0.2) is 0 Å². The van der Waals surface area contributed by atoms with Crippen molar-refractivity contribution in [2.45, 2.75) is 90.4 Å². The van der Waals surface area contributed by atoms with E-state index in [9.17, 15) is 23.2 Å². The molecule has 0 bridgehead atoms. The summed E-state index contributed by atoms with van der Waals surface area (Å²) in [4.78, 5) is 39.7. The van der Waals surface area contributed by atoms with Crippen molar-refractivity contribution in [3.63, 3.8) is 0 Å². The van der Waals surface area contributed by atoms with E-state index < -0.39 is 29.1 Å². The van der Waals surface area contributed by atoms with Crippen LogP contribution in [0.2, 0.25) is 0 Å². The summed E-state index contributed by atoms with van der Waals surface area (Å²) in [7, 11) is 0. The maximum absolute atomic E-state index is 14.4. The molecule has 0 radical (unpaired) electrons. The number of carbonyl (C=O) groups excluding carboxylic acids is 1. The van der Waals surface area contributed by atoms with Gasteiger partial charge in [0.1, 0.15) is 4.83 Å². The number of primary amides is 1. The van der Waals surface area contributed by atoms with Crippen LogP contribution in [0.3, 0.4) is 0 Å². The number of aryl methyl sites for hydroxylation is 1. The molecule has 11 heteroatoms. The molecule has 0 aromatic carbocycles. The molecule has 33 heavy (non-hydrogen) atoms. The maximum atomic E-state index is 14.4. The van der Waals surface area contributed by atoms with E-state index in [-0.39, 0.29) is 31.1 Å². The number of fused-ring (bicyclic) bond motifs is 1. The summed E-state index contributed by atoms with van der Waals surface area (Å²) >= 11 is 1.19. The second-order valence-electron chi connectivity index (χ2n) is 10.3. The number of amides is 2. The Hall–Kier alpha value is -2.27. The number of carbonyl (C=O) groups is 1. The van der Waals surface area contributed by atoms with Crippen molar-refractivity contribution >= 4 is 27.6 Å². The molecule has 8 nitrogen and oxygen atoms in total. The molecule has 3 N–H and O–H groups in total. The molecule has 2 heterocycles. The topological polar surface area (TPSA) is 102 Å². The second-order valence-corrected chi connectivity index (χ2v) is 11.3. The molecule has 2 fully saturated rings. The van der Waals surface area contributed by atoms with Crippen molar-refractivity contribution in [1.82, 2.24) is 19.6 Å². The van der Waals surface area contributed by atoms with Crippen LogP contribution in [0.5, 0.6) is 0 Å². The van der Waals surface area contributed by atoms with E-state index in [4.69, 9.17) is 5.73 Å². The second kappa shape index (κ2) is 8.19. The number of hydrazine groups is 1. The number of hydrogen-bond donors (Lipinski definition) is 2. The van der Waals surface area contributed by atoms with Gasteiger partial charge in [-0.3, -0.25) is 18.9 Å². The smallest absolute Gasteiger partial charge is 0.332 e. The van der Waals surface area contributed by atoms with E-state index in [0.717, 1.165) is 12.8 Å². The van der Waals surface area contributed by atoms with Crippen LogP contribution in [0, 0.1) is 12.8 Å². The van der Waals surface area contributed by atoms with Gasteiger partial charge in [0.2, 0.25) is 0 Å². The summed E-state index contributed by atoms with van der Waals surface area (Å²) in [5, 5.41) is 1.63. The Bertz CT molecular complexity index is 1210. The first-order valence-corrected chi connectivity index (χ1v) is 12.1. The summed E-state index contributed by atoms with van der Waals surface area (Å²) in [6, 6.07) is -0.864. The SMILES string of the molecule is Cc1c(CN(NC(C)(C)C)C(N)=O)sc2c1c(=O)n(C1CC1)c(=O)n2CC1CCCC1(F)F. The fraction of sp³-hybridized carbons (Fsp3) is 0.682. The van der Waals surface area contributed by atoms with Gasteiger partial charge in [0.05, 0.1) is 11.9 Å². The van der Waals surface area contributed by atoms with Crippen molar-refractivity contribution in [3.05, 3.63) is 31.3 Å². The van der Waals surface area contributed by atoms with Crippen molar-refractivity contribution in [2.24, 2.45) is 11.7 Å². The molecule has 2 amide bonds. The van der Waals surface area contributed by atoms with Gasteiger partial charge >= 0.3 is 11.7 Å². The lowest BCUT2D eigenvalue weighted by Crippen LogP contribution is -2.53. The lowest BCUT2D eigenvalue weighted by molar-refractivity contribution is -0.0422. The normalized spacial score (nSPS) is 20.5. The lowest BCUT2D eigenvalue weighted by Gasteiger charge is -2.30. The number of hydrogen-bond acceptors (Lipinski definition) is 5. The highest BCUT2D eigenvalue weighted by molar-refractivity contribution is 7.18. The summed E-state index contributed by atoms with van der Waals surface area (Å²) in [5.74, 6) is -3.78. The summed E-state index contributed by atoms with van der Waals surface area (Å²) in [6.07, 6.45) is 2.02. The molecule has 2 aromatic heterocycles. The third-order valence-electron chi connectivity index (χ3n) is 6.35. The molecule has 0 aliphatic heterocycles. The van der Waals surface area contributed by atoms with Gasteiger partial charge in [-0.05, 0) is 58.9 Å². The quantitative estimate of drug-likeness (QED) is 0.614. The Morgan fingerprint density at radius 2 is 1.94 bits per heavy atom. The first kappa shape index (κ1) is 23.9. The van der Waals surface area contributed by atoms with Crippen molar-refractivity contribution in [3.8, 4) is 0 Å². The number of alkyl halides is 2. The standard InChI is InChI=1S/C22H31F2N5O3S/c1-12-15(11-28(19(25)31)26-21(2,3)4)33-18-16(12)17(30)29(14-7-8-14)20(32)27(18)10-13-6-5-9-22(13,23)24/h13-14,26H,5-11H2,1-4H3,(H2,25,31). The van der Waals surface area contributed by atoms with Crippen LogP contribution >= 0.6 is 11.3 Å².